The molecule has 110 valence electrons. The minimum Gasteiger partial charge on any atom is -0.494 e. The fraction of sp³-hybridized carbons (Fsp3) is 0.333. The van der Waals surface area contributed by atoms with Gasteiger partial charge in [0.1, 0.15) is 5.56 Å². The maximum atomic E-state index is 12.1. The van der Waals surface area contributed by atoms with E-state index in [1.54, 1.807) is 36.0 Å². The predicted molar refractivity (Wildman–Crippen MR) is 84.0 cm³/mol. The quantitative estimate of drug-likeness (QED) is 0.889. The SMILES string of the molecule is O=c1[nH]c(=O)n(C2CCCSC2)c(O)c1-c1ccccc1. The van der Waals surface area contributed by atoms with E-state index in [4.69, 9.17) is 0 Å². The summed E-state index contributed by atoms with van der Waals surface area (Å²) in [6.45, 7) is 0. The molecule has 2 aromatic rings. The van der Waals surface area contributed by atoms with Gasteiger partial charge in [-0.3, -0.25) is 14.3 Å². The molecule has 1 unspecified atom stereocenters. The van der Waals surface area contributed by atoms with Crippen LogP contribution in [0.4, 0.5) is 0 Å². The highest BCUT2D eigenvalue weighted by Gasteiger charge is 2.23. The minimum atomic E-state index is -0.552. The van der Waals surface area contributed by atoms with Crippen molar-refractivity contribution in [3.63, 3.8) is 0 Å². The Morgan fingerprint density at radius 1 is 1.24 bits per heavy atom. The molecule has 1 aliphatic heterocycles. The smallest absolute Gasteiger partial charge is 0.331 e. The number of nitrogens with one attached hydrogen (secondary N) is 1. The van der Waals surface area contributed by atoms with E-state index in [-0.39, 0.29) is 17.5 Å². The first-order valence-electron chi connectivity index (χ1n) is 6.89. The van der Waals surface area contributed by atoms with E-state index in [0.717, 1.165) is 24.3 Å². The summed E-state index contributed by atoms with van der Waals surface area (Å²) in [6.07, 6.45) is 1.84. The largest absolute Gasteiger partial charge is 0.494 e. The Morgan fingerprint density at radius 3 is 2.67 bits per heavy atom. The minimum absolute atomic E-state index is 0.0736. The molecule has 1 saturated heterocycles. The summed E-state index contributed by atoms with van der Waals surface area (Å²) < 4.78 is 1.33. The molecule has 0 spiro atoms. The monoisotopic (exact) mass is 304 g/mol. The zero-order chi connectivity index (χ0) is 14.8. The van der Waals surface area contributed by atoms with Crippen LogP contribution in [0.5, 0.6) is 5.88 Å². The van der Waals surface area contributed by atoms with Crippen molar-refractivity contribution < 1.29 is 5.11 Å². The molecule has 1 aromatic heterocycles. The Hall–Kier alpha value is -1.95. The van der Waals surface area contributed by atoms with Gasteiger partial charge in [0.05, 0.1) is 6.04 Å². The van der Waals surface area contributed by atoms with Crippen molar-refractivity contribution in [3.05, 3.63) is 51.2 Å². The molecule has 3 rings (SSSR count). The van der Waals surface area contributed by atoms with Crippen LogP contribution in [-0.2, 0) is 0 Å². The first-order chi connectivity index (χ1) is 10.2. The van der Waals surface area contributed by atoms with E-state index in [9.17, 15) is 14.7 Å². The third-order valence-corrected chi connectivity index (χ3v) is 4.88. The van der Waals surface area contributed by atoms with Crippen LogP contribution in [0.25, 0.3) is 11.1 Å². The lowest BCUT2D eigenvalue weighted by atomic mass is 10.1. The molecular formula is C15H16N2O3S. The number of aromatic amines is 1. The molecule has 0 amide bonds. The molecular weight excluding hydrogens is 288 g/mol. The maximum Gasteiger partial charge on any atom is 0.331 e. The number of H-pyrrole nitrogens is 1. The zero-order valence-corrected chi connectivity index (χ0v) is 12.2. The summed E-state index contributed by atoms with van der Waals surface area (Å²) in [5.74, 6) is 1.61. The lowest BCUT2D eigenvalue weighted by Crippen LogP contribution is -2.35. The Balaban J connectivity index is 2.18. The molecule has 1 aromatic carbocycles. The number of aromatic hydroxyl groups is 1. The second-order valence-electron chi connectivity index (χ2n) is 5.06. The molecule has 2 heterocycles. The van der Waals surface area contributed by atoms with Crippen molar-refractivity contribution in [3.8, 4) is 17.0 Å². The average molecular weight is 304 g/mol. The highest BCUT2D eigenvalue weighted by Crippen LogP contribution is 2.31. The van der Waals surface area contributed by atoms with Crippen molar-refractivity contribution in [1.29, 1.82) is 0 Å². The van der Waals surface area contributed by atoms with Crippen molar-refractivity contribution in [2.24, 2.45) is 0 Å². The van der Waals surface area contributed by atoms with Gasteiger partial charge in [0.25, 0.3) is 5.56 Å². The van der Waals surface area contributed by atoms with Gasteiger partial charge in [0.15, 0.2) is 0 Å². The van der Waals surface area contributed by atoms with Gasteiger partial charge in [0, 0.05) is 5.75 Å². The molecule has 0 radical (unpaired) electrons. The van der Waals surface area contributed by atoms with Crippen LogP contribution in [0, 0.1) is 0 Å². The Kier molecular flexibility index (Phi) is 3.88. The first kappa shape index (κ1) is 14.0. The number of hydrogen-bond donors (Lipinski definition) is 2. The van der Waals surface area contributed by atoms with Crippen LogP contribution < -0.4 is 11.2 Å². The molecule has 6 heteroatoms. The van der Waals surface area contributed by atoms with Crippen molar-refractivity contribution in [2.75, 3.05) is 11.5 Å². The molecule has 0 aliphatic carbocycles. The summed E-state index contributed by atoms with van der Waals surface area (Å²) >= 11 is 1.76. The van der Waals surface area contributed by atoms with Gasteiger partial charge < -0.3 is 5.11 Å². The van der Waals surface area contributed by atoms with E-state index in [2.05, 4.69) is 4.98 Å². The van der Waals surface area contributed by atoms with Gasteiger partial charge in [-0.25, -0.2) is 4.79 Å². The Morgan fingerprint density at radius 2 is 2.00 bits per heavy atom. The van der Waals surface area contributed by atoms with Gasteiger partial charge in [-0.2, -0.15) is 11.8 Å². The standard InChI is InChI=1S/C15H16N2O3S/c18-13-12(10-5-2-1-3-6-10)14(19)17(15(20)16-13)11-7-4-8-21-9-11/h1-3,5-6,11,19H,4,7-9H2,(H,16,18,20). The van der Waals surface area contributed by atoms with Crippen LogP contribution in [0.1, 0.15) is 18.9 Å². The van der Waals surface area contributed by atoms with Gasteiger partial charge in [-0.1, -0.05) is 30.3 Å². The fourth-order valence-corrected chi connectivity index (χ4v) is 3.79. The summed E-state index contributed by atoms with van der Waals surface area (Å²) in [6, 6.07) is 8.84. The summed E-state index contributed by atoms with van der Waals surface area (Å²) in [5.41, 5.74) is -0.327. The van der Waals surface area contributed by atoms with Crippen LogP contribution in [-0.4, -0.2) is 26.2 Å². The Bertz CT molecular complexity index is 746. The van der Waals surface area contributed by atoms with E-state index in [1.807, 2.05) is 6.07 Å². The number of hydrogen-bond acceptors (Lipinski definition) is 4. The summed E-state index contributed by atoms with van der Waals surface area (Å²) in [7, 11) is 0. The van der Waals surface area contributed by atoms with Crippen LogP contribution in [0.3, 0.4) is 0 Å². The number of thioether (sulfide) groups is 1. The first-order valence-corrected chi connectivity index (χ1v) is 8.05. The third-order valence-electron chi connectivity index (χ3n) is 3.68. The third kappa shape index (κ3) is 2.63. The number of benzene rings is 1. The van der Waals surface area contributed by atoms with Crippen LogP contribution >= 0.6 is 11.8 Å². The van der Waals surface area contributed by atoms with Gasteiger partial charge in [0.2, 0.25) is 5.88 Å². The van der Waals surface area contributed by atoms with E-state index < -0.39 is 11.2 Å². The molecule has 1 atom stereocenters. The number of aromatic nitrogens is 2. The van der Waals surface area contributed by atoms with Crippen LogP contribution in [0.15, 0.2) is 39.9 Å². The predicted octanol–water partition coefficient (Wildman–Crippen LogP) is 1.98. The normalized spacial score (nSPS) is 18.6. The molecule has 0 saturated carbocycles. The molecule has 1 fully saturated rings. The number of nitrogens with zero attached hydrogens (tertiary/aromatic N) is 1. The van der Waals surface area contributed by atoms with E-state index in [0.29, 0.717) is 5.56 Å². The molecule has 0 bridgehead atoms. The topological polar surface area (TPSA) is 75.1 Å². The highest BCUT2D eigenvalue weighted by atomic mass is 32.2. The van der Waals surface area contributed by atoms with Gasteiger partial charge >= 0.3 is 5.69 Å². The van der Waals surface area contributed by atoms with Crippen molar-refractivity contribution in [1.82, 2.24) is 9.55 Å². The van der Waals surface area contributed by atoms with Crippen molar-refractivity contribution >= 4 is 11.8 Å². The average Bonchev–Trinajstić information content (AvgIpc) is 2.49. The fourth-order valence-electron chi connectivity index (χ4n) is 2.67. The van der Waals surface area contributed by atoms with Gasteiger partial charge in [-0.15, -0.1) is 0 Å². The van der Waals surface area contributed by atoms with E-state index in [1.165, 1.54) is 4.57 Å². The summed E-state index contributed by atoms with van der Waals surface area (Å²) in [5, 5.41) is 10.5. The molecule has 5 nitrogen and oxygen atoms in total. The molecule has 21 heavy (non-hydrogen) atoms. The van der Waals surface area contributed by atoms with Crippen molar-refractivity contribution in [2.45, 2.75) is 18.9 Å². The van der Waals surface area contributed by atoms with Crippen LogP contribution in [0.2, 0.25) is 0 Å². The Labute approximate surface area is 125 Å². The lowest BCUT2D eigenvalue weighted by Gasteiger charge is -2.24. The molecule has 1 aliphatic rings. The zero-order valence-electron chi connectivity index (χ0n) is 11.4. The molecule has 2 N–H and O–H groups in total. The number of rotatable bonds is 2. The second kappa shape index (κ2) is 5.81. The second-order valence-corrected chi connectivity index (χ2v) is 6.21. The van der Waals surface area contributed by atoms with Gasteiger partial charge in [-0.05, 0) is 24.2 Å². The highest BCUT2D eigenvalue weighted by molar-refractivity contribution is 7.99. The van der Waals surface area contributed by atoms with E-state index >= 15 is 0 Å². The lowest BCUT2D eigenvalue weighted by molar-refractivity contribution is 0.363. The maximum absolute atomic E-state index is 12.1. The summed E-state index contributed by atoms with van der Waals surface area (Å²) in [4.78, 5) is 26.5.